The second-order valence-corrected chi connectivity index (χ2v) is 9.46. The molecule has 0 saturated carbocycles. The number of nitrogens with one attached hydrogen (secondary N) is 1. The van der Waals surface area contributed by atoms with E-state index in [4.69, 9.17) is 15.6 Å². The molecule has 1 fully saturated rings. The summed E-state index contributed by atoms with van der Waals surface area (Å²) in [6, 6.07) is 13.6. The predicted molar refractivity (Wildman–Crippen MR) is 149 cm³/mol. The minimum absolute atomic E-state index is 0.144. The molecule has 2 aromatic carbocycles. The minimum Gasteiger partial charge on any atom is -0.495 e. The lowest BCUT2D eigenvalue weighted by molar-refractivity contribution is -0.115. The zero-order valence-electron chi connectivity index (χ0n) is 21.8. The van der Waals surface area contributed by atoms with Gasteiger partial charge in [0.15, 0.2) is 5.65 Å². The molecule has 198 valence electrons. The smallest absolute Gasteiger partial charge is 0.228 e. The van der Waals surface area contributed by atoms with E-state index >= 15 is 0 Å². The molecule has 11 nitrogen and oxygen atoms in total. The van der Waals surface area contributed by atoms with E-state index in [9.17, 15) is 4.79 Å². The Morgan fingerprint density at radius 2 is 1.92 bits per heavy atom. The van der Waals surface area contributed by atoms with E-state index in [1.54, 1.807) is 24.5 Å². The van der Waals surface area contributed by atoms with Crippen LogP contribution in [-0.4, -0.2) is 55.4 Å². The first-order valence-corrected chi connectivity index (χ1v) is 12.8. The number of piperidine rings is 1. The van der Waals surface area contributed by atoms with Crippen LogP contribution >= 0.6 is 0 Å². The van der Waals surface area contributed by atoms with Crippen LogP contribution in [0.15, 0.2) is 67.5 Å². The van der Waals surface area contributed by atoms with Gasteiger partial charge in [0.2, 0.25) is 5.91 Å². The molecule has 3 aromatic heterocycles. The number of carbonyl (C=O) groups excluding carboxylic acids is 1. The number of aromatic nitrogens is 6. The summed E-state index contributed by atoms with van der Waals surface area (Å²) >= 11 is 0. The number of methoxy groups -OCH3 is 1. The van der Waals surface area contributed by atoms with Crippen LogP contribution in [0.2, 0.25) is 0 Å². The highest BCUT2D eigenvalue weighted by atomic mass is 16.5. The Balaban J connectivity index is 1.41. The molecule has 0 spiro atoms. The number of nitrogens with two attached hydrogens (primary N) is 1. The van der Waals surface area contributed by atoms with Crippen molar-refractivity contribution in [1.29, 1.82) is 0 Å². The van der Waals surface area contributed by atoms with Crippen LogP contribution in [0, 0.1) is 0 Å². The van der Waals surface area contributed by atoms with E-state index in [2.05, 4.69) is 20.3 Å². The number of ether oxygens (including phenoxy) is 1. The van der Waals surface area contributed by atoms with Crippen LogP contribution < -0.4 is 20.7 Å². The fourth-order valence-electron chi connectivity index (χ4n) is 5.19. The van der Waals surface area contributed by atoms with Gasteiger partial charge in [-0.05, 0) is 62.3 Å². The van der Waals surface area contributed by atoms with E-state index in [0.29, 0.717) is 28.3 Å². The van der Waals surface area contributed by atoms with Gasteiger partial charge in [-0.3, -0.25) is 9.69 Å². The van der Waals surface area contributed by atoms with Gasteiger partial charge in [0.05, 0.1) is 30.6 Å². The average molecular weight is 524 g/mol. The minimum atomic E-state index is -0.144. The highest BCUT2D eigenvalue weighted by Crippen LogP contribution is 2.40. The summed E-state index contributed by atoms with van der Waals surface area (Å²) < 4.78 is 9.68. The number of fused-ring (bicyclic) bond motifs is 1. The molecule has 11 heteroatoms. The van der Waals surface area contributed by atoms with Gasteiger partial charge in [-0.2, -0.15) is 5.10 Å². The van der Waals surface area contributed by atoms with Gasteiger partial charge in [0.25, 0.3) is 0 Å². The van der Waals surface area contributed by atoms with E-state index < -0.39 is 0 Å². The number of hydrogen-bond donors (Lipinski definition) is 2. The third-order valence-corrected chi connectivity index (χ3v) is 7.09. The van der Waals surface area contributed by atoms with E-state index in [-0.39, 0.29) is 11.9 Å². The van der Waals surface area contributed by atoms with Crippen molar-refractivity contribution in [3.63, 3.8) is 0 Å². The molecule has 0 bridgehead atoms. The van der Waals surface area contributed by atoms with Crippen molar-refractivity contribution in [2.45, 2.75) is 25.8 Å². The molecule has 1 aliphatic heterocycles. The van der Waals surface area contributed by atoms with Crippen molar-refractivity contribution in [2.75, 3.05) is 30.8 Å². The van der Waals surface area contributed by atoms with Crippen molar-refractivity contribution in [3.8, 4) is 22.7 Å². The molecule has 0 atom stereocenters. The highest BCUT2D eigenvalue weighted by Gasteiger charge is 2.25. The Hall–Kier alpha value is -4.77. The molecule has 5 aromatic rings. The van der Waals surface area contributed by atoms with E-state index in [1.807, 2.05) is 57.9 Å². The van der Waals surface area contributed by atoms with Crippen LogP contribution in [0.3, 0.4) is 0 Å². The van der Waals surface area contributed by atoms with Gasteiger partial charge >= 0.3 is 0 Å². The van der Waals surface area contributed by atoms with Crippen LogP contribution in [-0.2, 0) is 4.79 Å². The number of benzene rings is 2. The maximum Gasteiger partial charge on any atom is 0.228 e. The molecule has 3 N–H and O–H groups in total. The lowest BCUT2D eigenvalue weighted by Gasteiger charge is -2.24. The molecule has 1 amide bonds. The van der Waals surface area contributed by atoms with Gasteiger partial charge < -0.3 is 20.4 Å². The Morgan fingerprint density at radius 1 is 1.13 bits per heavy atom. The fraction of sp³-hybridized carbons (Fsp3) is 0.250. The van der Waals surface area contributed by atoms with Crippen molar-refractivity contribution in [3.05, 3.63) is 67.5 Å². The number of nitrogen functional groups attached to an aromatic ring is 1. The molecule has 0 radical (unpaired) electrons. The summed E-state index contributed by atoms with van der Waals surface area (Å²) in [5.74, 6) is 0.762. The summed E-state index contributed by atoms with van der Waals surface area (Å²) in [6.45, 7) is 3.38. The summed E-state index contributed by atoms with van der Waals surface area (Å²) in [5, 5.41) is 9.09. The average Bonchev–Trinajstić information content (AvgIpc) is 3.64. The quantitative estimate of drug-likeness (QED) is 0.343. The van der Waals surface area contributed by atoms with Crippen LogP contribution in [0.4, 0.5) is 17.2 Å². The van der Waals surface area contributed by atoms with Crippen LogP contribution in [0.25, 0.3) is 28.0 Å². The molecule has 0 aliphatic carbocycles. The van der Waals surface area contributed by atoms with Crippen LogP contribution in [0.5, 0.6) is 5.75 Å². The Kier molecular flexibility index (Phi) is 6.41. The number of anilines is 3. The third-order valence-electron chi connectivity index (χ3n) is 7.09. The van der Waals surface area contributed by atoms with Crippen molar-refractivity contribution in [1.82, 2.24) is 34.6 Å². The van der Waals surface area contributed by atoms with Crippen LogP contribution in [0.1, 0.15) is 25.8 Å². The van der Waals surface area contributed by atoms with E-state index in [1.165, 1.54) is 13.3 Å². The Bertz CT molecular complexity index is 1620. The molecule has 4 heterocycles. The van der Waals surface area contributed by atoms with Gasteiger partial charge in [-0.1, -0.05) is 6.07 Å². The molecule has 1 aliphatic rings. The summed E-state index contributed by atoms with van der Waals surface area (Å²) in [7, 11) is 1.59. The van der Waals surface area contributed by atoms with E-state index in [0.717, 1.165) is 48.5 Å². The zero-order chi connectivity index (χ0) is 26.9. The topological polar surface area (TPSA) is 129 Å². The molecule has 6 rings (SSSR count). The summed E-state index contributed by atoms with van der Waals surface area (Å²) in [5.41, 5.74) is 10.8. The van der Waals surface area contributed by atoms with Crippen molar-refractivity contribution < 1.29 is 9.53 Å². The Morgan fingerprint density at radius 3 is 2.62 bits per heavy atom. The summed E-state index contributed by atoms with van der Waals surface area (Å²) in [4.78, 5) is 27.4. The standard InChI is InChI=1S/C28H29N9O2/c1-18(38)36(21-6-4-20(5-7-21)35-14-13-31-17-35)23-8-3-19(15-24(23)39-2)26-25-27(29)32-16-33-28(25)37(34-26)22-9-11-30-12-10-22/h3-8,13-17,22,30H,9-12H2,1-2H3,(H2,29,32,33). The number of imidazole rings is 1. The maximum atomic E-state index is 12.9. The normalized spacial score (nSPS) is 14.0. The van der Waals surface area contributed by atoms with Gasteiger partial charge in [0.1, 0.15) is 23.6 Å². The first-order chi connectivity index (χ1) is 19.0. The highest BCUT2D eigenvalue weighted by molar-refractivity contribution is 6.02. The number of hydrogen-bond acceptors (Lipinski definition) is 8. The first kappa shape index (κ1) is 24.6. The summed E-state index contributed by atoms with van der Waals surface area (Å²) in [6.07, 6.45) is 8.71. The molecular formula is C28H29N9O2. The molecule has 0 unspecified atom stereocenters. The fourth-order valence-corrected chi connectivity index (χ4v) is 5.19. The van der Waals surface area contributed by atoms with Gasteiger partial charge in [-0.25, -0.2) is 19.6 Å². The van der Waals surface area contributed by atoms with Gasteiger partial charge in [0, 0.05) is 36.3 Å². The lowest BCUT2D eigenvalue weighted by atomic mass is 10.1. The van der Waals surface area contributed by atoms with Gasteiger partial charge in [-0.15, -0.1) is 0 Å². The first-order valence-electron chi connectivity index (χ1n) is 12.8. The molecule has 1 saturated heterocycles. The lowest BCUT2D eigenvalue weighted by Crippen LogP contribution is -2.30. The largest absolute Gasteiger partial charge is 0.495 e. The Labute approximate surface area is 225 Å². The zero-order valence-corrected chi connectivity index (χ0v) is 21.8. The predicted octanol–water partition coefficient (Wildman–Crippen LogP) is 3.88. The van der Waals surface area contributed by atoms with Crippen molar-refractivity contribution in [2.24, 2.45) is 0 Å². The van der Waals surface area contributed by atoms with Crippen molar-refractivity contribution >= 4 is 34.1 Å². The monoisotopic (exact) mass is 523 g/mol. The second-order valence-electron chi connectivity index (χ2n) is 9.46. The number of nitrogens with zero attached hydrogens (tertiary/aromatic N) is 7. The molecular weight excluding hydrogens is 494 g/mol. The SMILES string of the molecule is COc1cc(-c2nn(C3CCNCC3)c3ncnc(N)c23)ccc1N(C(C)=O)c1ccc(-n2ccnc2)cc1. The molecule has 39 heavy (non-hydrogen) atoms. The third kappa shape index (κ3) is 4.46. The number of amides is 1. The second kappa shape index (κ2) is 10.2. The number of carbonyl (C=O) groups is 1. The maximum absolute atomic E-state index is 12.9. The number of rotatable bonds is 6.